The fourth-order valence-corrected chi connectivity index (χ4v) is 4.02. The van der Waals surface area contributed by atoms with Gasteiger partial charge in [0.05, 0.1) is 18.9 Å². The molecule has 212 valence electrons. The third-order valence-electron chi connectivity index (χ3n) is 5.75. The quantitative estimate of drug-likeness (QED) is 0.265. The lowest BCUT2D eigenvalue weighted by molar-refractivity contribution is -0.170. The summed E-state index contributed by atoms with van der Waals surface area (Å²) in [7, 11) is 0. The second-order valence-electron chi connectivity index (χ2n) is 9.29. The lowest BCUT2D eigenvalue weighted by atomic mass is 9.96. The molecule has 0 aliphatic carbocycles. The summed E-state index contributed by atoms with van der Waals surface area (Å²) < 4.78 is 19.3. The van der Waals surface area contributed by atoms with E-state index in [1.807, 2.05) is 30.3 Å². The number of carboxylic acid groups (broad SMARTS) is 3. The molecule has 1 heterocycles. The zero-order valence-electron chi connectivity index (χ0n) is 21.5. The Bertz CT molecular complexity index is 1120. The van der Waals surface area contributed by atoms with Gasteiger partial charge >= 0.3 is 17.9 Å². The molecule has 1 aliphatic rings. The minimum atomic E-state index is -2.74. The van der Waals surface area contributed by atoms with Crippen LogP contribution in [-0.2, 0) is 37.0 Å². The van der Waals surface area contributed by atoms with Crippen molar-refractivity contribution < 1.29 is 48.7 Å². The maximum absolute atomic E-state index is 13.5. The van der Waals surface area contributed by atoms with Gasteiger partial charge in [0.15, 0.2) is 5.60 Å². The molecule has 39 heavy (non-hydrogen) atoms. The van der Waals surface area contributed by atoms with Gasteiger partial charge in [0.2, 0.25) is 5.91 Å². The summed E-state index contributed by atoms with van der Waals surface area (Å²) in [4.78, 5) is 43.9. The monoisotopic (exact) mass is 548 g/mol. The van der Waals surface area contributed by atoms with Crippen molar-refractivity contribution in [2.24, 2.45) is 0 Å². The van der Waals surface area contributed by atoms with Crippen molar-refractivity contribution >= 4 is 29.5 Å². The molecule has 3 rings (SSSR count). The average molecular weight is 549 g/mol. The number of halogens is 1. The molecule has 0 saturated carbocycles. The van der Waals surface area contributed by atoms with Crippen molar-refractivity contribution in [3.63, 3.8) is 0 Å². The zero-order chi connectivity index (χ0) is 29.0. The molecule has 1 aliphatic heterocycles. The number of anilines is 1. The second-order valence-corrected chi connectivity index (χ2v) is 9.29. The van der Waals surface area contributed by atoms with Crippen molar-refractivity contribution in [2.45, 2.75) is 57.4 Å². The van der Waals surface area contributed by atoms with E-state index in [2.05, 4.69) is 10.2 Å². The fraction of sp³-hybridized carbons (Fsp3) is 0.407. The van der Waals surface area contributed by atoms with E-state index in [0.29, 0.717) is 6.54 Å². The van der Waals surface area contributed by atoms with Crippen LogP contribution in [0.3, 0.4) is 0 Å². The number of hydrogen-bond acceptors (Lipinski definition) is 7. The van der Waals surface area contributed by atoms with Crippen LogP contribution in [0.2, 0.25) is 0 Å². The van der Waals surface area contributed by atoms with Crippen molar-refractivity contribution in [3.8, 4) is 0 Å². The van der Waals surface area contributed by atoms with Crippen LogP contribution >= 0.6 is 0 Å². The molecule has 1 unspecified atom stereocenters. The highest BCUT2D eigenvalue weighted by Gasteiger charge is 2.40. The standard InChI is InChI=1S/C21H25FN2O2.C6H8O7/c1-16(25)23-20-9-7-17(8-10-20)13-24(15-21-6-3-11-26-21)14-18-4-2-5-19(22)12-18;7-3(8)1-6(13,5(11)12)2-4(9)10/h2,4-5,7-10,12,21H,3,6,11,13-15H2,1H3,(H,23,25);13H,1-2H2,(H,7,8)(H,9,10)(H,11,12). The number of aliphatic hydroxyl groups is 1. The van der Waals surface area contributed by atoms with Gasteiger partial charge in [0.25, 0.3) is 0 Å². The Morgan fingerprint density at radius 1 is 1.00 bits per heavy atom. The van der Waals surface area contributed by atoms with Crippen molar-refractivity contribution in [3.05, 3.63) is 65.5 Å². The number of hydrogen-bond donors (Lipinski definition) is 5. The molecule has 1 saturated heterocycles. The molecular weight excluding hydrogens is 515 g/mol. The number of carbonyl (C=O) groups is 4. The van der Waals surface area contributed by atoms with E-state index in [-0.39, 0.29) is 17.8 Å². The summed E-state index contributed by atoms with van der Waals surface area (Å²) in [5.41, 5.74) is 0.154. The maximum Gasteiger partial charge on any atom is 0.336 e. The Balaban J connectivity index is 0.000000349. The van der Waals surface area contributed by atoms with Crippen molar-refractivity contribution in [1.82, 2.24) is 4.90 Å². The number of nitrogens with zero attached hydrogens (tertiary/aromatic N) is 1. The molecule has 12 heteroatoms. The Hall–Kier alpha value is -3.87. The number of aliphatic carboxylic acids is 3. The highest BCUT2D eigenvalue weighted by Crippen LogP contribution is 2.19. The lowest BCUT2D eigenvalue weighted by Crippen LogP contribution is -2.42. The third kappa shape index (κ3) is 11.6. The van der Waals surface area contributed by atoms with E-state index in [1.165, 1.54) is 13.0 Å². The maximum atomic E-state index is 13.5. The Kier molecular flexibility index (Phi) is 12.0. The number of nitrogens with one attached hydrogen (secondary N) is 1. The predicted octanol–water partition coefficient (Wildman–Crippen LogP) is 2.72. The molecule has 2 aromatic rings. The number of carboxylic acids is 3. The lowest BCUT2D eigenvalue weighted by Gasteiger charge is -2.25. The summed E-state index contributed by atoms with van der Waals surface area (Å²) in [5, 5.41) is 36.6. The minimum absolute atomic E-state index is 0.0798. The SMILES string of the molecule is CC(=O)Nc1ccc(CN(Cc2cccc(F)c2)CC2CCCO2)cc1.O=C(O)CC(O)(CC(=O)O)C(=O)O. The van der Waals surface area contributed by atoms with E-state index < -0.39 is 36.4 Å². The molecule has 0 bridgehead atoms. The first kappa shape index (κ1) is 31.3. The number of amides is 1. The first-order valence-electron chi connectivity index (χ1n) is 12.2. The van der Waals surface area contributed by atoms with Crippen LogP contribution < -0.4 is 5.32 Å². The summed E-state index contributed by atoms with van der Waals surface area (Å²) >= 11 is 0. The second kappa shape index (κ2) is 14.9. The fourth-order valence-electron chi connectivity index (χ4n) is 4.02. The molecule has 1 atom stereocenters. The summed E-state index contributed by atoms with van der Waals surface area (Å²) in [5.74, 6) is -5.31. The van der Waals surface area contributed by atoms with Crippen LogP contribution in [0, 0.1) is 5.82 Å². The van der Waals surface area contributed by atoms with Gasteiger partial charge in [-0.25, -0.2) is 9.18 Å². The van der Waals surface area contributed by atoms with Gasteiger partial charge in [-0.05, 0) is 48.2 Å². The van der Waals surface area contributed by atoms with Gasteiger partial charge in [-0.1, -0.05) is 24.3 Å². The van der Waals surface area contributed by atoms with Gasteiger partial charge in [-0.3, -0.25) is 19.3 Å². The summed E-state index contributed by atoms with van der Waals surface area (Å²) in [6.07, 6.45) is 0.121. The Morgan fingerprint density at radius 2 is 1.62 bits per heavy atom. The van der Waals surface area contributed by atoms with Gasteiger partial charge < -0.3 is 30.5 Å². The van der Waals surface area contributed by atoms with Crippen molar-refractivity contribution in [2.75, 3.05) is 18.5 Å². The normalized spacial score (nSPS) is 14.8. The van der Waals surface area contributed by atoms with E-state index in [1.54, 1.807) is 12.1 Å². The number of rotatable bonds is 12. The molecule has 11 nitrogen and oxygen atoms in total. The number of ether oxygens (including phenoxy) is 1. The Labute approximate surface area is 224 Å². The summed E-state index contributed by atoms with van der Waals surface area (Å²) in [6.45, 7) is 4.56. The van der Waals surface area contributed by atoms with Crippen molar-refractivity contribution in [1.29, 1.82) is 0 Å². The highest BCUT2D eigenvalue weighted by molar-refractivity contribution is 5.88. The van der Waals surface area contributed by atoms with Crippen LogP contribution in [0.25, 0.3) is 0 Å². The molecule has 5 N–H and O–H groups in total. The van der Waals surface area contributed by atoms with Crippen LogP contribution in [0.4, 0.5) is 10.1 Å². The highest BCUT2D eigenvalue weighted by atomic mass is 19.1. The molecular formula is C27H33FN2O9. The molecule has 0 aromatic heterocycles. The topological polar surface area (TPSA) is 174 Å². The average Bonchev–Trinajstić information content (AvgIpc) is 3.32. The van der Waals surface area contributed by atoms with Gasteiger partial charge in [-0.2, -0.15) is 0 Å². The molecule has 2 aromatic carbocycles. The largest absolute Gasteiger partial charge is 0.481 e. The van der Waals surface area contributed by atoms with E-state index >= 15 is 0 Å². The third-order valence-corrected chi connectivity index (χ3v) is 5.75. The van der Waals surface area contributed by atoms with Crippen LogP contribution in [0.15, 0.2) is 48.5 Å². The number of carbonyl (C=O) groups excluding carboxylic acids is 1. The molecule has 1 amide bonds. The molecule has 1 fully saturated rings. The van der Waals surface area contributed by atoms with Crippen LogP contribution in [0.5, 0.6) is 0 Å². The van der Waals surface area contributed by atoms with E-state index in [4.69, 9.17) is 25.2 Å². The van der Waals surface area contributed by atoms with Crippen LogP contribution in [0.1, 0.15) is 43.7 Å². The zero-order valence-corrected chi connectivity index (χ0v) is 21.5. The molecule has 0 spiro atoms. The van der Waals surface area contributed by atoms with Gasteiger partial charge in [-0.15, -0.1) is 0 Å². The van der Waals surface area contributed by atoms with Crippen LogP contribution in [-0.4, -0.2) is 74.0 Å². The minimum Gasteiger partial charge on any atom is -0.481 e. The predicted molar refractivity (Wildman–Crippen MR) is 137 cm³/mol. The molecule has 0 radical (unpaired) electrons. The van der Waals surface area contributed by atoms with E-state index in [9.17, 15) is 23.6 Å². The number of benzene rings is 2. The van der Waals surface area contributed by atoms with E-state index in [0.717, 1.165) is 49.4 Å². The smallest absolute Gasteiger partial charge is 0.336 e. The Morgan fingerprint density at radius 3 is 2.10 bits per heavy atom. The summed E-state index contributed by atoms with van der Waals surface area (Å²) in [6, 6.07) is 14.6. The van der Waals surface area contributed by atoms with Gasteiger partial charge in [0, 0.05) is 38.9 Å². The van der Waals surface area contributed by atoms with Gasteiger partial charge in [0.1, 0.15) is 5.82 Å². The first-order valence-corrected chi connectivity index (χ1v) is 12.2. The first-order chi connectivity index (χ1) is 18.4.